The van der Waals surface area contributed by atoms with Crippen LogP contribution in [0.15, 0.2) is 0 Å². The van der Waals surface area contributed by atoms with Gasteiger partial charge < -0.3 is 23.7 Å². The summed E-state index contributed by atoms with van der Waals surface area (Å²) in [5.74, 6) is -1.02. The zero-order chi connectivity index (χ0) is 17.2. The van der Waals surface area contributed by atoms with Crippen molar-refractivity contribution in [2.45, 2.75) is 58.0 Å². The summed E-state index contributed by atoms with van der Waals surface area (Å²) in [5, 5.41) is 0. The molecule has 5 unspecified atom stereocenters. The first kappa shape index (κ1) is 18.2. The minimum atomic E-state index is -0.574. The Kier molecular flexibility index (Phi) is 5.65. The van der Waals surface area contributed by atoms with E-state index in [4.69, 9.17) is 23.7 Å². The molecule has 2 saturated heterocycles. The number of fused-ring (bicyclic) bond motifs is 2. The highest BCUT2D eigenvalue weighted by Crippen LogP contribution is 2.43. The number of carbonyl (C=O) groups excluding carboxylic acids is 2. The Balaban J connectivity index is 2.11. The van der Waals surface area contributed by atoms with E-state index in [1.807, 2.05) is 20.8 Å². The number of ether oxygens (including phenoxy) is 5. The van der Waals surface area contributed by atoms with Crippen molar-refractivity contribution >= 4 is 11.9 Å². The number of carbonyl (C=O) groups is 2. The van der Waals surface area contributed by atoms with Gasteiger partial charge in [-0.05, 0) is 26.7 Å². The molecule has 0 aromatic rings. The van der Waals surface area contributed by atoms with Gasteiger partial charge in [-0.15, -0.1) is 0 Å². The van der Waals surface area contributed by atoms with Gasteiger partial charge in [0.15, 0.2) is 6.10 Å². The molecule has 7 nitrogen and oxygen atoms in total. The molecule has 2 rings (SSSR count). The molecule has 2 aliphatic heterocycles. The highest BCUT2D eigenvalue weighted by atomic mass is 16.7. The van der Waals surface area contributed by atoms with E-state index in [1.165, 1.54) is 14.2 Å². The van der Waals surface area contributed by atoms with Gasteiger partial charge in [0.1, 0.15) is 19.0 Å². The molecule has 23 heavy (non-hydrogen) atoms. The molecule has 0 aliphatic carbocycles. The van der Waals surface area contributed by atoms with Crippen molar-refractivity contribution in [3.05, 3.63) is 0 Å². The van der Waals surface area contributed by atoms with Crippen LogP contribution >= 0.6 is 0 Å². The van der Waals surface area contributed by atoms with Crippen LogP contribution in [0.1, 0.15) is 33.6 Å². The minimum Gasteiger partial charge on any atom is -0.469 e. The maximum atomic E-state index is 12.4. The quantitative estimate of drug-likeness (QED) is 0.514. The highest BCUT2D eigenvalue weighted by molar-refractivity contribution is 5.76. The largest absolute Gasteiger partial charge is 0.469 e. The van der Waals surface area contributed by atoms with Gasteiger partial charge >= 0.3 is 11.9 Å². The summed E-state index contributed by atoms with van der Waals surface area (Å²) in [6, 6.07) is 0. The van der Waals surface area contributed by atoms with Gasteiger partial charge in [0.05, 0.1) is 24.5 Å². The van der Waals surface area contributed by atoms with Crippen LogP contribution in [0.3, 0.4) is 0 Å². The topological polar surface area (TPSA) is 80.3 Å². The van der Waals surface area contributed by atoms with E-state index in [2.05, 4.69) is 0 Å². The smallest absolute Gasteiger partial charge is 0.311 e. The molecule has 0 aromatic heterocycles. The summed E-state index contributed by atoms with van der Waals surface area (Å²) >= 11 is 0. The van der Waals surface area contributed by atoms with E-state index in [0.717, 1.165) is 0 Å². The number of methoxy groups -OCH3 is 2. The molecule has 2 aliphatic rings. The van der Waals surface area contributed by atoms with Crippen molar-refractivity contribution in [3.8, 4) is 0 Å². The fraction of sp³-hybridized carbons (Fsp3) is 0.875. The van der Waals surface area contributed by atoms with Crippen molar-refractivity contribution in [1.82, 2.24) is 0 Å². The zero-order valence-corrected chi connectivity index (χ0v) is 14.4. The van der Waals surface area contributed by atoms with E-state index in [0.29, 0.717) is 12.8 Å². The third kappa shape index (κ3) is 3.51. The summed E-state index contributed by atoms with van der Waals surface area (Å²) in [7, 11) is 2.85. The van der Waals surface area contributed by atoms with Crippen LogP contribution < -0.4 is 0 Å². The molecule has 2 bridgehead atoms. The summed E-state index contributed by atoms with van der Waals surface area (Å²) < 4.78 is 26.9. The summed E-state index contributed by atoms with van der Waals surface area (Å²) in [5.41, 5.74) is -0.574. The summed E-state index contributed by atoms with van der Waals surface area (Å²) in [6.45, 7) is 5.65. The van der Waals surface area contributed by atoms with Crippen LogP contribution in [0, 0.1) is 11.3 Å². The molecule has 0 aromatic carbocycles. The predicted octanol–water partition coefficient (Wildman–Crippen LogP) is 1.28. The van der Waals surface area contributed by atoms with E-state index >= 15 is 0 Å². The first-order valence-electron chi connectivity index (χ1n) is 7.90. The average Bonchev–Trinajstić information content (AvgIpc) is 3.10. The zero-order valence-electron chi connectivity index (χ0n) is 14.4. The van der Waals surface area contributed by atoms with Gasteiger partial charge in [-0.1, -0.05) is 6.92 Å². The van der Waals surface area contributed by atoms with E-state index in [1.54, 1.807) is 0 Å². The summed E-state index contributed by atoms with van der Waals surface area (Å²) in [4.78, 5) is 24.2. The third-order valence-electron chi connectivity index (χ3n) is 4.79. The number of rotatable bonds is 7. The third-order valence-corrected chi connectivity index (χ3v) is 4.79. The molecule has 2 fully saturated rings. The molecule has 0 saturated carbocycles. The Labute approximate surface area is 136 Å². The normalized spacial score (nSPS) is 32.8. The standard InChI is InChI=1S/C16H26O7/c1-6-16(2,3)15(18)23-12-10-7-9(14(17)20-5)11(22-10)13(12)21-8-19-4/h9-13H,6-8H2,1-5H3. The number of esters is 2. The second-order valence-electron chi connectivity index (χ2n) is 6.65. The molecule has 132 valence electrons. The molecule has 7 heteroatoms. The second kappa shape index (κ2) is 7.15. The van der Waals surface area contributed by atoms with Crippen LogP contribution in [0.4, 0.5) is 0 Å². The monoisotopic (exact) mass is 330 g/mol. The maximum Gasteiger partial charge on any atom is 0.311 e. The van der Waals surface area contributed by atoms with Gasteiger partial charge in [-0.2, -0.15) is 0 Å². The first-order valence-corrected chi connectivity index (χ1v) is 7.90. The highest BCUT2D eigenvalue weighted by Gasteiger charge is 2.59. The van der Waals surface area contributed by atoms with Gasteiger partial charge in [0.25, 0.3) is 0 Å². The lowest BCUT2D eigenvalue weighted by Crippen LogP contribution is -2.49. The van der Waals surface area contributed by atoms with Gasteiger partial charge in [0, 0.05) is 7.11 Å². The lowest BCUT2D eigenvalue weighted by atomic mass is 9.84. The fourth-order valence-electron chi connectivity index (χ4n) is 2.94. The van der Waals surface area contributed by atoms with Crippen LogP contribution in [-0.4, -0.2) is 57.4 Å². The molecule has 2 heterocycles. The van der Waals surface area contributed by atoms with Crippen LogP contribution in [0.2, 0.25) is 0 Å². The number of hydrogen-bond donors (Lipinski definition) is 0. The Morgan fingerprint density at radius 3 is 2.48 bits per heavy atom. The van der Waals surface area contributed by atoms with Gasteiger partial charge in [-0.3, -0.25) is 9.59 Å². The Bertz CT molecular complexity index is 448. The van der Waals surface area contributed by atoms with E-state index in [-0.39, 0.29) is 24.8 Å². The van der Waals surface area contributed by atoms with Crippen LogP contribution in [0.25, 0.3) is 0 Å². The lowest BCUT2D eigenvalue weighted by molar-refractivity contribution is -0.179. The van der Waals surface area contributed by atoms with Gasteiger partial charge in [0.2, 0.25) is 0 Å². The molecule has 5 atom stereocenters. The van der Waals surface area contributed by atoms with Gasteiger partial charge in [-0.25, -0.2) is 0 Å². The molecule has 0 N–H and O–H groups in total. The van der Waals surface area contributed by atoms with Crippen molar-refractivity contribution in [2.24, 2.45) is 11.3 Å². The van der Waals surface area contributed by atoms with E-state index < -0.39 is 29.6 Å². The predicted molar refractivity (Wildman–Crippen MR) is 79.5 cm³/mol. The van der Waals surface area contributed by atoms with Crippen molar-refractivity contribution in [1.29, 1.82) is 0 Å². The Morgan fingerprint density at radius 1 is 1.22 bits per heavy atom. The van der Waals surface area contributed by atoms with Crippen LogP contribution in [-0.2, 0) is 33.3 Å². The maximum absolute atomic E-state index is 12.4. The fourth-order valence-corrected chi connectivity index (χ4v) is 2.94. The average molecular weight is 330 g/mol. The molecule has 0 radical (unpaired) electrons. The lowest BCUT2D eigenvalue weighted by Gasteiger charge is -2.33. The molecular weight excluding hydrogens is 304 g/mol. The van der Waals surface area contributed by atoms with Crippen LogP contribution in [0.5, 0.6) is 0 Å². The molecule has 0 amide bonds. The Hall–Kier alpha value is -1.18. The molecular formula is C16H26O7. The second-order valence-corrected chi connectivity index (χ2v) is 6.65. The van der Waals surface area contributed by atoms with Crippen molar-refractivity contribution in [2.75, 3.05) is 21.0 Å². The first-order chi connectivity index (χ1) is 10.9. The summed E-state index contributed by atoms with van der Waals surface area (Å²) in [6.07, 6.45) is -0.771. The molecule has 0 spiro atoms. The van der Waals surface area contributed by atoms with Crippen molar-refractivity contribution in [3.63, 3.8) is 0 Å². The van der Waals surface area contributed by atoms with E-state index in [9.17, 15) is 9.59 Å². The Morgan fingerprint density at radius 2 is 1.91 bits per heavy atom. The number of hydrogen-bond acceptors (Lipinski definition) is 7. The van der Waals surface area contributed by atoms with Crippen molar-refractivity contribution < 1.29 is 33.3 Å². The SMILES string of the molecule is CCC(C)(C)C(=O)OC1C2CC(C(=O)OC)C(O2)C1OCOC. The minimum absolute atomic E-state index is 0.0381.